The Morgan fingerprint density at radius 1 is 1.46 bits per heavy atom. The van der Waals surface area contributed by atoms with E-state index in [1.54, 1.807) is 23.5 Å². The van der Waals surface area contributed by atoms with Crippen LogP contribution in [0.15, 0.2) is 24.7 Å². The molecule has 0 bridgehead atoms. The van der Waals surface area contributed by atoms with E-state index >= 15 is 0 Å². The average molecular weight is 350 g/mol. The van der Waals surface area contributed by atoms with Crippen LogP contribution in [0.2, 0.25) is 0 Å². The van der Waals surface area contributed by atoms with Crippen LogP contribution in [-0.2, 0) is 11.2 Å². The molecule has 4 rings (SSSR count). The molecule has 2 aromatic rings. The number of hydrogen-bond acceptors (Lipinski definition) is 5. The lowest BCUT2D eigenvalue weighted by molar-refractivity contribution is -0.115. The first-order chi connectivity index (χ1) is 12.7. The van der Waals surface area contributed by atoms with Crippen LogP contribution < -0.4 is 5.32 Å². The predicted molar refractivity (Wildman–Crippen MR) is 93.1 cm³/mol. The highest BCUT2D eigenvalue weighted by Crippen LogP contribution is 2.31. The molecule has 2 aromatic heterocycles. The first-order valence-electron chi connectivity index (χ1n) is 8.64. The van der Waals surface area contributed by atoms with Crippen molar-refractivity contribution < 1.29 is 9.59 Å². The van der Waals surface area contributed by atoms with Crippen molar-refractivity contribution in [1.82, 2.24) is 19.7 Å². The van der Waals surface area contributed by atoms with E-state index < -0.39 is 0 Å². The van der Waals surface area contributed by atoms with Crippen LogP contribution in [-0.4, -0.2) is 44.7 Å². The van der Waals surface area contributed by atoms with Crippen molar-refractivity contribution in [3.05, 3.63) is 30.2 Å². The van der Waals surface area contributed by atoms with Gasteiger partial charge in [0.1, 0.15) is 5.82 Å². The Morgan fingerprint density at radius 3 is 3.19 bits per heavy atom. The van der Waals surface area contributed by atoms with Gasteiger partial charge in [0.25, 0.3) is 0 Å². The number of aromatic nitrogens is 3. The van der Waals surface area contributed by atoms with Crippen LogP contribution >= 0.6 is 0 Å². The second-order valence-electron chi connectivity index (χ2n) is 6.66. The molecule has 1 N–H and O–H groups in total. The summed E-state index contributed by atoms with van der Waals surface area (Å²) < 4.78 is 1.35. The second kappa shape index (κ2) is 6.59. The lowest BCUT2D eigenvalue weighted by atomic mass is 10.0. The SMILES string of the molecule is N#CCCC1CCN(C(=O)n2cc(-c3ccnc4c3CC(=O)N4)cn2)C1. The van der Waals surface area contributed by atoms with Crippen molar-refractivity contribution in [2.45, 2.75) is 25.7 Å². The highest BCUT2D eigenvalue weighted by molar-refractivity contribution is 6.00. The summed E-state index contributed by atoms with van der Waals surface area (Å²) in [5.41, 5.74) is 2.48. The highest BCUT2D eigenvalue weighted by atomic mass is 16.2. The van der Waals surface area contributed by atoms with Crippen LogP contribution in [0.4, 0.5) is 10.6 Å². The minimum atomic E-state index is -0.157. The zero-order chi connectivity index (χ0) is 18.1. The molecule has 1 saturated heterocycles. The Morgan fingerprint density at radius 2 is 2.35 bits per heavy atom. The first-order valence-corrected chi connectivity index (χ1v) is 8.64. The van der Waals surface area contributed by atoms with Crippen molar-refractivity contribution >= 4 is 17.8 Å². The molecule has 26 heavy (non-hydrogen) atoms. The molecule has 1 unspecified atom stereocenters. The number of carbonyl (C=O) groups excluding carboxylic acids is 2. The van der Waals surface area contributed by atoms with E-state index in [1.807, 2.05) is 6.07 Å². The maximum atomic E-state index is 12.7. The second-order valence-corrected chi connectivity index (χ2v) is 6.66. The summed E-state index contributed by atoms with van der Waals surface area (Å²) in [6.45, 7) is 1.35. The smallest absolute Gasteiger partial charge is 0.323 e. The van der Waals surface area contributed by atoms with Crippen LogP contribution in [0.25, 0.3) is 11.1 Å². The summed E-state index contributed by atoms with van der Waals surface area (Å²) in [5, 5.41) is 15.6. The molecule has 2 aliphatic rings. The van der Waals surface area contributed by atoms with E-state index in [2.05, 4.69) is 21.5 Å². The van der Waals surface area contributed by atoms with Crippen LogP contribution in [0.1, 0.15) is 24.8 Å². The minimum absolute atomic E-state index is 0.0797. The molecule has 132 valence electrons. The third-order valence-electron chi connectivity index (χ3n) is 4.96. The number of likely N-dealkylation sites (tertiary alicyclic amines) is 1. The van der Waals surface area contributed by atoms with E-state index in [0.29, 0.717) is 31.2 Å². The Hall–Kier alpha value is -3.21. The lowest BCUT2D eigenvalue weighted by Crippen LogP contribution is -2.33. The fourth-order valence-electron chi connectivity index (χ4n) is 3.61. The van der Waals surface area contributed by atoms with Gasteiger partial charge >= 0.3 is 6.03 Å². The number of nitriles is 1. The van der Waals surface area contributed by atoms with Gasteiger partial charge in [0.15, 0.2) is 0 Å². The van der Waals surface area contributed by atoms with Crippen molar-refractivity contribution in [3.8, 4) is 17.2 Å². The van der Waals surface area contributed by atoms with Crippen molar-refractivity contribution in [1.29, 1.82) is 5.26 Å². The van der Waals surface area contributed by atoms with Crippen LogP contribution in [0.5, 0.6) is 0 Å². The van der Waals surface area contributed by atoms with Gasteiger partial charge in [-0.05, 0) is 30.4 Å². The first kappa shape index (κ1) is 16.3. The molecule has 8 heteroatoms. The van der Waals surface area contributed by atoms with Gasteiger partial charge in [-0.2, -0.15) is 15.0 Å². The van der Waals surface area contributed by atoms with Crippen molar-refractivity contribution in [3.63, 3.8) is 0 Å². The third kappa shape index (κ3) is 2.92. The van der Waals surface area contributed by atoms with Gasteiger partial charge in [-0.25, -0.2) is 9.78 Å². The molecule has 0 radical (unpaired) electrons. The Labute approximate surface area is 150 Å². The number of pyridine rings is 1. The number of nitrogens with one attached hydrogen (secondary N) is 1. The van der Waals surface area contributed by atoms with E-state index in [0.717, 1.165) is 29.5 Å². The number of anilines is 1. The van der Waals surface area contributed by atoms with Crippen LogP contribution in [0.3, 0.4) is 0 Å². The van der Waals surface area contributed by atoms with E-state index in [-0.39, 0.29) is 18.4 Å². The molecule has 4 heterocycles. The summed E-state index contributed by atoms with van der Waals surface area (Å²) in [6.07, 6.45) is 7.53. The largest absolute Gasteiger partial charge is 0.344 e. The molecule has 1 atom stereocenters. The van der Waals surface area contributed by atoms with Gasteiger partial charge in [0.2, 0.25) is 5.91 Å². The number of fused-ring (bicyclic) bond motifs is 1. The minimum Gasteiger partial charge on any atom is -0.323 e. The molecular weight excluding hydrogens is 332 g/mol. The quantitative estimate of drug-likeness (QED) is 0.912. The van der Waals surface area contributed by atoms with E-state index in [9.17, 15) is 9.59 Å². The topological polar surface area (TPSA) is 104 Å². The number of rotatable bonds is 3. The van der Waals surface area contributed by atoms with Gasteiger partial charge < -0.3 is 10.2 Å². The maximum Gasteiger partial charge on any atom is 0.344 e. The molecule has 0 aromatic carbocycles. The third-order valence-corrected chi connectivity index (χ3v) is 4.96. The van der Waals surface area contributed by atoms with Gasteiger partial charge in [0.05, 0.1) is 18.7 Å². The Balaban J connectivity index is 1.51. The summed E-state index contributed by atoms with van der Waals surface area (Å²) in [4.78, 5) is 30.3. The molecule has 1 fully saturated rings. The zero-order valence-corrected chi connectivity index (χ0v) is 14.2. The summed E-state index contributed by atoms with van der Waals surface area (Å²) in [7, 11) is 0. The van der Waals surface area contributed by atoms with Gasteiger partial charge in [-0.1, -0.05) is 0 Å². The average Bonchev–Trinajstić information content (AvgIpc) is 3.37. The van der Waals surface area contributed by atoms with E-state index in [4.69, 9.17) is 5.26 Å². The lowest BCUT2D eigenvalue weighted by Gasteiger charge is -2.15. The fourth-order valence-corrected chi connectivity index (χ4v) is 3.61. The number of amides is 2. The van der Waals surface area contributed by atoms with Crippen LogP contribution in [0, 0.1) is 17.2 Å². The molecular formula is C18H18N6O2. The number of carbonyl (C=O) groups is 2. The van der Waals surface area contributed by atoms with Crippen molar-refractivity contribution in [2.24, 2.45) is 5.92 Å². The monoisotopic (exact) mass is 350 g/mol. The Kier molecular flexibility index (Phi) is 4.13. The summed E-state index contributed by atoms with van der Waals surface area (Å²) in [6, 6.07) is 3.84. The molecule has 2 amide bonds. The molecule has 0 aliphatic carbocycles. The number of hydrogen-bond donors (Lipinski definition) is 1. The predicted octanol–water partition coefficient (Wildman–Crippen LogP) is 2.03. The molecule has 8 nitrogen and oxygen atoms in total. The standard InChI is InChI=1S/C18H18N6O2/c19-5-1-2-12-4-7-23(10-12)18(26)24-11-13(9-21-24)14-3-6-20-17-15(14)8-16(25)22-17/h3,6,9,11-12H,1-2,4,7-8,10H2,(H,20,22,25). The van der Waals surface area contributed by atoms with Crippen molar-refractivity contribution in [2.75, 3.05) is 18.4 Å². The number of nitrogens with zero attached hydrogens (tertiary/aromatic N) is 5. The molecule has 2 aliphatic heterocycles. The zero-order valence-electron chi connectivity index (χ0n) is 14.2. The molecule has 0 saturated carbocycles. The fraction of sp³-hybridized carbons (Fsp3) is 0.389. The Bertz CT molecular complexity index is 913. The normalized spacial score (nSPS) is 18.5. The van der Waals surface area contributed by atoms with Gasteiger partial charge in [0, 0.05) is 43.0 Å². The van der Waals surface area contributed by atoms with Gasteiger partial charge in [-0.15, -0.1) is 0 Å². The van der Waals surface area contributed by atoms with Gasteiger partial charge in [-0.3, -0.25) is 4.79 Å². The van der Waals surface area contributed by atoms with E-state index in [1.165, 1.54) is 4.68 Å². The molecule has 0 spiro atoms. The summed E-state index contributed by atoms with van der Waals surface area (Å²) >= 11 is 0. The highest BCUT2D eigenvalue weighted by Gasteiger charge is 2.28. The summed E-state index contributed by atoms with van der Waals surface area (Å²) in [5.74, 6) is 0.879. The maximum absolute atomic E-state index is 12.7.